The Kier molecular flexibility index (Phi) is 7.14. The summed E-state index contributed by atoms with van der Waals surface area (Å²) in [6.07, 6.45) is 0. The monoisotopic (exact) mass is 426 g/mol. The summed E-state index contributed by atoms with van der Waals surface area (Å²) in [4.78, 5) is 2.44. The fourth-order valence-electron chi connectivity index (χ4n) is 1.93. The van der Waals surface area contributed by atoms with Gasteiger partial charge >= 0.3 is 0 Å². The molecule has 0 aromatic heterocycles. The topological polar surface area (TPSA) is 49.4 Å². The number of hydrogen-bond acceptors (Lipinski definition) is 3. The number of likely N-dealkylation sites (N-methyl/N-ethyl adjacent to an activating group) is 1. The third-order valence-electron chi connectivity index (χ3n) is 2.97. The smallest absolute Gasteiger partial charge is 0.241 e. The highest BCUT2D eigenvalue weighted by atomic mass is 79.9. The van der Waals surface area contributed by atoms with Gasteiger partial charge in [-0.1, -0.05) is 29.8 Å². The molecular formula is C13H20Br2N2O2S. The first-order chi connectivity index (χ1) is 9.30. The summed E-state index contributed by atoms with van der Waals surface area (Å²) in [5.41, 5.74) is 0. The quantitative estimate of drug-likeness (QED) is 0.726. The maximum absolute atomic E-state index is 12.4. The molecule has 7 heteroatoms. The van der Waals surface area contributed by atoms with Crippen LogP contribution in [0.5, 0.6) is 0 Å². The van der Waals surface area contributed by atoms with Gasteiger partial charge in [0.2, 0.25) is 10.0 Å². The first kappa shape index (κ1) is 18.1. The number of nitrogens with zero attached hydrogens (tertiary/aromatic N) is 1. The predicted octanol–water partition coefficient (Wildman–Crippen LogP) is 3.22. The van der Waals surface area contributed by atoms with E-state index in [1.54, 1.807) is 18.2 Å². The zero-order valence-corrected chi connectivity index (χ0v) is 15.8. The number of sulfonamides is 1. The van der Waals surface area contributed by atoms with Gasteiger partial charge in [-0.05, 0) is 54.1 Å². The highest BCUT2D eigenvalue weighted by Crippen LogP contribution is 2.25. The molecule has 0 aliphatic heterocycles. The van der Waals surface area contributed by atoms with Crippen LogP contribution in [0.25, 0.3) is 0 Å². The molecule has 0 heterocycles. The number of nitrogens with one attached hydrogen (secondary N) is 1. The van der Waals surface area contributed by atoms with Gasteiger partial charge in [-0.2, -0.15) is 0 Å². The van der Waals surface area contributed by atoms with E-state index in [1.807, 2.05) is 6.92 Å². The van der Waals surface area contributed by atoms with E-state index in [0.29, 0.717) is 11.0 Å². The van der Waals surface area contributed by atoms with Gasteiger partial charge in [0.15, 0.2) is 0 Å². The Morgan fingerprint density at radius 3 is 2.35 bits per heavy atom. The molecule has 114 valence electrons. The van der Waals surface area contributed by atoms with Crippen LogP contribution in [0.1, 0.15) is 20.8 Å². The molecule has 1 rings (SSSR count). The molecule has 20 heavy (non-hydrogen) atoms. The molecule has 1 atom stereocenters. The molecule has 0 aliphatic carbocycles. The van der Waals surface area contributed by atoms with Gasteiger partial charge < -0.3 is 4.90 Å². The van der Waals surface area contributed by atoms with Crippen LogP contribution in [0.2, 0.25) is 0 Å². The fraction of sp³-hybridized carbons (Fsp3) is 0.538. The maximum Gasteiger partial charge on any atom is 0.241 e. The van der Waals surface area contributed by atoms with Crippen molar-refractivity contribution >= 4 is 41.9 Å². The van der Waals surface area contributed by atoms with Gasteiger partial charge in [0.1, 0.15) is 0 Å². The summed E-state index contributed by atoms with van der Waals surface area (Å²) in [6, 6.07) is 4.88. The third-order valence-corrected chi connectivity index (χ3v) is 6.03. The average Bonchev–Trinajstić information content (AvgIpc) is 2.34. The molecule has 1 aromatic rings. The van der Waals surface area contributed by atoms with Gasteiger partial charge in [-0.15, -0.1) is 0 Å². The minimum absolute atomic E-state index is 0.143. The van der Waals surface area contributed by atoms with Crippen molar-refractivity contribution < 1.29 is 8.42 Å². The van der Waals surface area contributed by atoms with Crippen molar-refractivity contribution in [3.8, 4) is 0 Å². The number of benzene rings is 1. The molecule has 0 saturated carbocycles. The summed E-state index contributed by atoms with van der Waals surface area (Å²) in [6.45, 7) is 8.52. The van der Waals surface area contributed by atoms with Crippen LogP contribution >= 0.6 is 31.9 Å². The highest BCUT2D eigenvalue weighted by Gasteiger charge is 2.21. The van der Waals surface area contributed by atoms with E-state index in [1.165, 1.54) is 0 Å². The van der Waals surface area contributed by atoms with Gasteiger partial charge in [0.25, 0.3) is 0 Å². The lowest BCUT2D eigenvalue weighted by molar-refractivity contribution is 0.282. The van der Waals surface area contributed by atoms with Crippen LogP contribution in [-0.4, -0.2) is 39.0 Å². The molecule has 1 unspecified atom stereocenters. The summed E-state index contributed by atoms with van der Waals surface area (Å²) in [5, 5.41) is 0. The van der Waals surface area contributed by atoms with Crippen molar-refractivity contribution in [2.75, 3.05) is 19.6 Å². The molecule has 4 nitrogen and oxygen atoms in total. The molecule has 0 radical (unpaired) electrons. The van der Waals surface area contributed by atoms with Gasteiger partial charge in [-0.3, -0.25) is 0 Å². The summed E-state index contributed by atoms with van der Waals surface area (Å²) >= 11 is 6.60. The van der Waals surface area contributed by atoms with E-state index < -0.39 is 10.0 Å². The number of hydrogen-bond donors (Lipinski definition) is 1. The zero-order chi connectivity index (χ0) is 15.3. The van der Waals surface area contributed by atoms with Crippen molar-refractivity contribution in [3.63, 3.8) is 0 Å². The molecule has 0 amide bonds. The van der Waals surface area contributed by atoms with Crippen molar-refractivity contribution in [3.05, 3.63) is 27.1 Å². The van der Waals surface area contributed by atoms with E-state index in [0.717, 1.165) is 17.6 Å². The molecule has 0 spiro atoms. The van der Waals surface area contributed by atoms with Gasteiger partial charge in [-0.25, -0.2) is 13.1 Å². The van der Waals surface area contributed by atoms with Crippen LogP contribution in [0, 0.1) is 0 Å². The molecule has 0 bridgehead atoms. The van der Waals surface area contributed by atoms with Crippen LogP contribution in [0.15, 0.2) is 32.0 Å². The van der Waals surface area contributed by atoms with E-state index in [9.17, 15) is 8.42 Å². The van der Waals surface area contributed by atoms with E-state index in [2.05, 4.69) is 55.3 Å². The van der Waals surface area contributed by atoms with Crippen LogP contribution < -0.4 is 4.72 Å². The molecule has 0 fully saturated rings. The van der Waals surface area contributed by atoms with Crippen LogP contribution in [0.4, 0.5) is 0 Å². The number of rotatable bonds is 7. The molecule has 1 N–H and O–H groups in total. The maximum atomic E-state index is 12.4. The molecule has 0 aliphatic rings. The van der Waals surface area contributed by atoms with Crippen LogP contribution in [-0.2, 0) is 10.0 Å². The largest absolute Gasteiger partial charge is 0.302 e. The predicted molar refractivity (Wildman–Crippen MR) is 89.4 cm³/mol. The van der Waals surface area contributed by atoms with Gasteiger partial charge in [0, 0.05) is 21.5 Å². The lowest BCUT2D eigenvalue weighted by Gasteiger charge is -2.23. The van der Waals surface area contributed by atoms with Gasteiger partial charge in [0.05, 0.1) is 4.90 Å². The molecular weight excluding hydrogens is 408 g/mol. The van der Waals surface area contributed by atoms with Crippen molar-refractivity contribution in [2.45, 2.75) is 31.7 Å². The summed E-state index contributed by atoms with van der Waals surface area (Å²) in [7, 11) is -3.51. The Balaban J connectivity index is 2.84. The highest BCUT2D eigenvalue weighted by molar-refractivity contribution is 9.11. The second kappa shape index (κ2) is 7.89. The van der Waals surface area contributed by atoms with E-state index in [-0.39, 0.29) is 10.9 Å². The minimum Gasteiger partial charge on any atom is -0.302 e. The first-order valence-corrected chi connectivity index (χ1v) is 9.56. The SMILES string of the molecule is CCN(CC)CC(C)NS(=O)(=O)c1ccc(Br)cc1Br. The zero-order valence-electron chi connectivity index (χ0n) is 11.9. The van der Waals surface area contributed by atoms with Crippen molar-refractivity contribution in [1.82, 2.24) is 9.62 Å². The standard InChI is InChI=1S/C13H20Br2N2O2S/c1-4-17(5-2)9-10(3)16-20(18,19)13-7-6-11(14)8-12(13)15/h6-8,10,16H,4-5,9H2,1-3H3. The number of halogens is 2. The Labute approximate surface area is 138 Å². The fourth-order valence-corrected chi connectivity index (χ4v) is 4.91. The minimum atomic E-state index is -3.51. The summed E-state index contributed by atoms with van der Waals surface area (Å²) < 4.78 is 28.8. The van der Waals surface area contributed by atoms with Crippen LogP contribution in [0.3, 0.4) is 0 Å². The first-order valence-electron chi connectivity index (χ1n) is 6.49. The summed E-state index contributed by atoms with van der Waals surface area (Å²) in [5.74, 6) is 0. The average molecular weight is 428 g/mol. The second-order valence-corrected chi connectivity index (χ2v) is 8.04. The van der Waals surface area contributed by atoms with Crippen molar-refractivity contribution in [2.24, 2.45) is 0 Å². The van der Waals surface area contributed by atoms with Crippen molar-refractivity contribution in [1.29, 1.82) is 0 Å². The lowest BCUT2D eigenvalue weighted by atomic mass is 10.3. The normalized spacial score (nSPS) is 13.7. The second-order valence-electron chi connectivity index (χ2n) is 4.58. The lowest BCUT2D eigenvalue weighted by Crippen LogP contribution is -2.41. The van der Waals surface area contributed by atoms with E-state index in [4.69, 9.17) is 0 Å². The van der Waals surface area contributed by atoms with E-state index >= 15 is 0 Å². The third kappa shape index (κ3) is 5.11. The Bertz CT molecular complexity index is 545. The Hall–Kier alpha value is 0.0500. The Morgan fingerprint density at radius 1 is 1.25 bits per heavy atom. The molecule has 1 aromatic carbocycles. The Morgan fingerprint density at radius 2 is 1.85 bits per heavy atom. The molecule has 0 saturated heterocycles.